The second-order valence-electron chi connectivity index (χ2n) is 6.78. The van der Waals surface area contributed by atoms with Crippen LogP contribution >= 0.6 is 0 Å². The smallest absolute Gasteiger partial charge is 0.378 e. The van der Waals surface area contributed by atoms with Crippen LogP contribution in [0, 0.1) is 0 Å². The topological polar surface area (TPSA) is 47.2 Å². The molecule has 0 amide bonds. The third-order valence-electron chi connectivity index (χ3n) is 4.87. The molecule has 0 radical (unpaired) electrons. The van der Waals surface area contributed by atoms with Crippen LogP contribution in [0.15, 0.2) is 24.3 Å². The second-order valence-corrected chi connectivity index (χ2v) is 6.78. The maximum absolute atomic E-state index is 13.1. The van der Waals surface area contributed by atoms with Crippen molar-refractivity contribution in [2.24, 2.45) is 0 Å². The molecule has 0 atom stereocenters. The van der Waals surface area contributed by atoms with Crippen molar-refractivity contribution in [3.63, 3.8) is 0 Å². The van der Waals surface area contributed by atoms with Crippen LogP contribution < -0.4 is 10.2 Å². The number of nitrogens with one attached hydrogen (secondary N) is 2. The highest BCUT2D eigenvalue weighted by molar-refractivity contribution is 5.71. The number of hydrogen-bond donors (Lipinski definition) is 2. The molecule has 0 unspecified atom stereocenters. The predicted molar refractivity (Wildman–Crippen MR) is 96.7 cm³/mol. The summed E-state index contributed by atoms with van der Waals surface area (Å²) in [5.74, 6) is 0. The van der Waals surface area contributed by atoms with Crippen LogP contribution in [-0.4, -0.2) is 47.8 Å². The minimum atomic E-state index is -4.59. The van der Waals surface area contributed by atoms with Gasteiger partial charge in [-0.2, -0.15) is 31.4 Å². The Morgan fingerprint density at radius 3 is 2.24 bits per heavy atom. The van der Waals surface area contributed by atoms with Gasteiger partial charge in [-0.1, -0.05) is 6.92 Å². The summed E-state index contributed by atoms with van der Waals surface area (Å²) in [6.07, 6.45) is -9.11. The quantitative estimate of drug-likeness (QED) is 0.711. The molecular formula is C18H21F6N5. The molecule has 1 aromatic carbocycles. The molecule has 11 heteroatoms. The second kappa shape index (κ2) is 8.13. The fraction of sp³-hybridized carbons (Fsp3) is 0.500. The highest BCUT2D eigenvalue weighted by atomic mass is 19.4. The van der Waals surface area contributed by atoms with Crippen molar-refractivity contribution in [1.82, 2.24) is 15.1 Å². The van der Waals surface area contributed by atoms with E-state index in [1.807, 2.05) is 11.8 Å². The maximum Gasteiger partial charge on any atom is 0.435 e. The molecule has 0 aliphatic carbocycles. The first-order valence-electron chi connectivity index (χ1n) is 9.12. The van der Waals surface area contributed by atoms with E-state index in [1.54, 1.807) is 0 Å². The lowest BCUT2D eigenvalue weighted by atomic mass is 10.1. The molecule has 2 aromatic rings. The van der Waals surface area contributed by atoms with Gasteiger partial charge in [-0.15, -0.1) is 0 Å². The molecule has 29 heavy (non-hydrogen) atoms. The van der Waals surface area contributed by atoms with E-state index < -0.39 is 23.6 Å². The largest absolute Gasteiger partial charge is 0.435 e. The van der Waals surface area contributed by atoms with Gasteiger partial charge in [-0.25, -0.2) is 0 Å². The minimum absolute atomic E-state index is 0.119. The van der Waals surface area contributed by atoms with E-state index in [1.165, 1.54) is 6.07 Å². The van der Waals surface area contributed by atoms with Crippen molar-refractivity contribution in [1.29, 1.82) is 0 Å². The molecule has 1 aromatic heterocycles. The van der Waals surface area contributed by atoms with Crippen LogP contribution in [0.5, 0.6) is 0 Å². The lowest BCUT2D eigenvalue weighted by Gasteiger charge is -2.36. The first-order valence-corrected chi connectivity index (χ1v) is 9.12. The Morgan fingerprint density at radius 1 is 1.00 bits per heavy atom. The van der Waals surface area contributed by atoms with Crippen molar-refractivity contribution in [2.75, 3.05) is 42.9 Å². The Morgan fingerprint density at radius 2 is 1.69 bits per heavy atom. The third-order valence-corrected chi connectivity index (χ3v) is 4.87. The van der Waals surface area contributed by atoms with Gasteiger partial charge >= 0.3 is 12.4 Å². The predicted octanol–water partition coefficient (Wildman–Crippen LogP) is 4.20. The lowest BCUT2D eigenvalue weighted by Crippen LogP contribution is -2.46. The van der Waals surface area contributed by atoms with Crippen molar-refractivity contribution >= 4 is 11.4 Å². The molecule has 1 fully saturated rings. The van der Waals surface area contributed by atoms with E-state index in [4.69, 9.17) is 0 Å². The number of aromatic amines is 1. The summed E-state index contributed by atoms with van der Waals surface area (Å²) in [5.41, 5.74) is -0.973. The van der Waals surface area contributed by atoms with E-state index in [2.05, 4.69) is 20.4 Å². The molecule has 0 saturated carbocycles. The van der Waals surface area contributed by atoms with Gasteiger partial charge in [0.05, 0.1) is 29.2 Å². The van der Waals surface area contributed by atoms with Gasteiger partial charge < -0.3 is 15.1 Å². The molecule has 5 nitrogen and oxygen atoms in total. The number of likely N-dealkylation sites (N-methyl/N-ethyl adjacent to an activating group) is 1. The number of piperazine rings is 1. The molecule has 0 spiro atoms. The number of benzene rings is 1. The van der Waals surface area contributed by atoms with E-state index in [0.717, 1.165) is 37.8 Å². The Balaban J connectivity index is 1.81. The number of alkyl halides is 6. The summed E-state index contributed by atoms with van der Waals surface area (Å²) < 4.78 is 77.5. The zero-order valence-corrected chi connectivity index (χ0v) is 15.7. The highest BCUT2D eigenvalue weighted by Crippen LogP contribution is 2.36. The first kappa shape index (κ1) is 21.3. The molecule has 3 rings (SSSR count). The number of aromatic nitrogens is 2. The van der Waals surface area contributed by atoms with E-state index >= 15 is 0 Å². The van der Waals surface area contributed by atoms with Gasteiger partial charge in [0.2, 0.25) is 0 Å². The SMILES string of the molecule is CCN1CCN(c2ccc(C(F)(F)F)cc2NCc2cc(C(F)(F)F)n[nH]2)CC1. The van der Waals surface area contributed by atoms with E-state index in [-0.39, 0.29) is 17.9 Å². The monoisotopic (exact) mass is 421 g/mol. The highest BCUT2D eigenvalue weighted by Gasteiger charge is 2.34. The maximum atomic E-state index is 13.1. The van der Waals surface area contributed by atoms with Crippen LogP contribution in [0.25, 0.3) is 0 Å². The fourth-order valence-corrected chi connectivity index (χ4v) is 3.22. The molecule has 1 aliphatic rings. The summed E-state index contributed by atoms with van der Waals surface area (Å²) in [6, 6.07) is 4.24. The van der Waals surface area contributed by atoms with E-state index in [0.29, 0.717) is 18.8 Å². The van der Waals surface area contributed by atoms with Crippen LogP contribution in [0.2, 0.25) is 0 Å². The van der Waals surface area contributed by atoms with Crippen molar-refractivity contribution in [2.45, 2.75) is 25.8 Å². The first-order chi connectivity index (χ1) is 13.6. The third kappa shape index (κ3) is 5.14. The molecule has 1 saturated heterocycles. The number of nitrogens with zero attached hydrogens (tertiary/aromatic N) is 3. The molecule has 160 valence electrons. The van der Waals surface area contributed by atoms with Crippen LogP contribution in [0.4, 0.5) is 37.7 Å². The molecule has 2 heterocycles. The fourth-order valence-electron chi connectivity index (χ4n) is 3.22. The van der Waals surface area contributed by atoms with Gasteiger partial charge in [-0.3, -0.25) is 5.10 Å². The van der Waals surface area contributed by atoms with Gasteiger partial charge in [0.15, 0.2) is 5.69 Å². The van der Waals surface area contributed by atoms with Crippen LogP contribution in [0.1, 0.15) is 23.9 Å². The summed E-state index contributed by atoms with van der Waals surface area (Å²) in [4.78, 5) is 4.21. The lowest BCUT2D eigenvalue weighted by molar-refractivity contribution is -0.141. The minimum Gasteiger partial charge on any atom is -0.378 e. The summed E-state index contributed by atoms with van der Waals surface area (Å²) in [7, 11) is 0. The Labute approximate surface area is 163 Å². The number of hydrogen-bond acceptors (Lipinski definition) is 4. The summed E-state index contributed by atoms with van der Waals surface area (Å²) in [6.45, 7) is 5.69. The zero-order chi connectivity index (χ0) is 21.2. The van der Waals surface area contributed by atoms with Crippen molar-refractivity contribution < 1.29 is 26.3 Å². The van der Waals surface area contributed by atoms with Gasteiger partial charge in [-0.05, 0) is 30.8 Å². The Bertz CT molecular complexity index is 821. The van der Waals surface area contributed by atoms with Gasteiger partial charge in [0.25, 0.3) is 0 Å². The summed E-state index contributed by atoms with van der Waals surface area (Å²) in [5, 5.41) is 8.30. The summed E-state index contributed by atoms with van der Waals surface area (Å²) >= 11 is 0. The number of H-pyrrole nitrogens is 1. The van der Waals surface area contributed by atoms with Crippen LogP contribution in [0.3, 0.4) is 0 Å². The Kier molecular flexibility index (Phi) is 5.97. The van der Waals surface area contributed by atoms with Crippen LogP contribution in [-0.2, 0) is 18.9 Å². The van der Waals surface area contributed by atoms with Crippen molar-refractivity contribution in [3.8, 4) is 0 Å². The number of anilines is 2. The standard InChI is InChI=1S/C18H21F6N5/c1-2-28-5-7-29(8-6-28)15-4-3-12(17(19,20)21)9-14(15)25-11-13-10-16(27-26-13)18(22,23)24/h3-4,9-10,25H,2,5-8,11H2,1H3,(H,26,27). The molecular weight excluding hydrogens is 400 g/mol. The molecule has 0 bridgehead atoms. The number of rotatable bonds is 5. The average molecular weight is 421 g/mol. The molecule has 1 aliphatic heterocycles. The number of halogens is 6. The van der Waals surface area contributed by atoms with Crippen molar-refractivity contribution in [3.05, 3.63) is 41.2 Å². The molecule has 2 N–H and O–H groups in total. The van der Waals surface area contributed by atoms with Gasteiger partial charge in [0, 0.05) is 26.2 Å². The van der Waals surface area contributed by atoms with Gasteiger partial charge in [0.1, 0.15) is 0 Å². The Hall–Kier alpha value is -2.43. The zero-order valence-electron chi connectivity index (χ0n) is 15.7. The normalized spacial score (nSPS) is 16.3. The van der Waals surface area contributed by atoms with E-state index in [9.17, 15) is 26.3 Å². The average Bonchev–Trinajstić information content (AvgIpc) is 3.15.